The summed E-state index contributed by atoms with van der Waals surface area (Å²) in [4.78, 5) is 1.21. The molecule has 0 aliphatic carbocycles. The van der Waals surface area contributed by atoms with Crippen molar-refractivity contribution < 1.29 is 5.11 Å². The van der Waals surface area contributed by atoms with Crippen LogP contribution in [0.15, 0.2) is 23.7 Å². The minimum atomic E-state index is 0.116. The standard InChI is InChI=1S/C13H14N2OS/c1-11-5-7-14-15(11)10-13-12(6-9-17-13)4-2-3-8-16/h5-7,9,16H,3,8,10H2,1H3. The fraction of sp³-hybridized carbons (Fsp3) is 0.308. The summed E-state index contributed by atoms with van der Waals surface area (Å²) in [6.45, 7) is 2.92. The molecule has 1 N–H and O–H groups in total. The Morgan fingerprint density at radius 1 is 1.47 bits per heavy atom. The zero-order chi connectivity index (χ0) is 12.1. The molecule has 4 heteroatoms. The van der Waals surface area contributed by atoms with Crippen molar-refractivity contribution in [3.8, 4) is 11.8 Å². The van der Waals surface area contributed by atoms with E-state index in [1.54, 1.807) is 17.5 Å². The lowest BCUT2D eigenvalue weighted by Crippen LogP contribution is -2.02. The van der Waals surface area contributed by atoms with Crippen molar-refractivity contribution in [2.45, 2.75) is 19.9 Å². The summed E-state index contributed by atoms with van der Waals surface area (Å²) in [7, 11) is 0. The lowest BCUT2D eigenvalue weighted by Gasteiger charge is -2.02. The van der Waals surface area contributed by atoms with E-state index in [0.717, 1.165) is 17.8 Å². The van der Waals surface area contributed by atoms with Crippen molar-refractivity contribution in [1.29, 1.82) is 0 Å². The van der Waals surface area contributed by atoms with E-state index in [0.29, 0.717) is 6.42 Å². The highest BCUT2D eigenvalue weighted by Crippen LogP contribution is 2.17. The third kappa shape index (κ3) is 2.96. The van der Waals surface area contributed by atoms with E-state index in [2.05, 4.69) is 16.9 Å². The summed E-state index contributed by atoms with van der Waals surface area (Å²) in [5.41, 5.74) is 2.19. The summed E-state index contributed by atoms with van der Waals surface area (Å²) in [6, 6.07) is 4.01. The average Bonchev–Trinajstić information content (AvgIpc) is 2.91. The maximum atomic E-state index is 8.69. The Morgan fingerprint density at radius 2 is 2.35 bits per heavy atom. The molecule has 2 aromatic rings. The topological polar surface area (TPSA) is 38.0 Å². The second-order valence-corrected chi connectivity index (χ2v) is 4.66. The smallest absolute Gasteiger partial charge is 0.0767 e. The van der Waals surface area contributed by atoms with Crippen LogP contribution < -0.4 is 0 Å². The molecule has 0 radical (unpaired) electrons. The zero-order valence-corrected chi connectivity index (χ0v) is 10.5. The van der Waals surface area contributed by atoms with Gasteiger partial charge in [0.05, 0.1) is 13.2 Å². The molecule has 0 aliphatic rings. The molecule has 2 aromatic heterocycles. The van der Waals surface area contributed by atoms with Gasteiger partial charge in [0.2, 0.25) is 0 Å². The molecular formula is C13H14N2OS. The SMILES string of the molecule is Cc1ccnn1Cc1sccc1C#CCCO. The Labute approximate surface area is 105 Å². The largest absolute Gasteiger partial charge is 0.395 e. The number of aromatic nitrogens is 2. The molecular weight excluding hydrogens is 232 g/mol. The second kappa shape index (κ2) is 5.67. The van der Waals surface area contributed by atoms with Gasteiger partial charge in [-0.05, 0) is 24.4 Å². The lowest BCUT2D eigenvalue weighted by molar-refractivity contribution is 0.305. The number of aryl methyl sites for hydroxylation is 1. The van der Waals surface area contributed by atoms with Crippen LogP contribution in [0.5, 0.6) is 0 Å². The number of aliphatic hydroxyl groups is 1. The Bertz CT molecular complexity index is 545. The van der Waals surface area contributed by atoms with Crippen molar-refractivity contribution in [3.63, 3.8) is 0 Å². The third-order valence-corrected chi connectivity index (χ3v) is 3.33. The number of nitrogens with zero attached hydrogens (tertiary/aromatic N) is 2. The van der Waals surface area contributed by atoms with E-state index in [1.165, 1.54) is 4.88 Å². The third-order valence-electron chi connectivity index (χ3n) is 2.43. The van der Waals surface area contributed by atoms with Gasteiger partial charge < -0.3 is 5.11 Å². The van der Waals surface area contributed by atoms with E-state index < -0.39 is 0 Å². The molecule has 0 aromatic carbocycles. The van der Waals surface area contributed by atoms with Crippen LogP contribution in [-0.2, 0) is 6.54 Å². The monoisotopic (exact) mass is 246 g/mol. The van der Waals surface area contributed by atoms with Gasteiger partial charge in [-0.3, -0.25) is 4.68 Å². The zero-order valence-electron chi connectivity index (χ0n) is 9.68. The molecule has 2 heterocycles. The molecule has 17 heavy (non-hydrogen) atoms. The maximum absolute atomic E-state index is 8.69. The van der Waals surface area contributed by atoms with Gasteiger partial charge in [0.1, 0.15) is 0 Å². The molecule has 0 spiro atoms. The summed E-state index contributed by atoms with van der Waals surface area (Å²) >= 11 is 1.69. The van der Waals surface area contributed by atoms with E-state index in [1.807, 2.05) is 29.1 Å². The van der Waals surface area contributed by atoms with Gasteiger partial charge in [-0.1, -0.05) is 11.8 Å². The summed E-state index contributed by atoms with van der Waals surface area (Å²) < 4.78 is 1.96. The second-order valence-electron chi connectivity index (χ2n) is 3.66. The van der Waals surface area contributed by atoms with Crippen molar-refractivity contribution in [2.24, 2.45) is 0 Å². The minimum absolute atomic E-state index is 0.116. The molecule has 0 amide bonds. The van der Waals surface area contributed by atoms with Crippen molar-refractivity contribution >= 4 is 11.3 Å². The van der Waals surface area contributed by atoms with Crippen LogP contribution in [0.3, 0.4) is 0 Å². The summed E-state index contributed by atoms with van der Waals surface area (Å²) in [6.07, 6.45) is 2.33. The number of rotatable bonds is 3. The number of thiophene rings is 1. The first-order valence-corrected chi connectivity index (χ1v) is 6.33. The van der Waals surface area contributed by atoms with Crippen LogP contribution >= 0.6 is 11.3 Å². The van der Waals surface area contributed by atoms with E-state index in [9.17, 15) is 0 Å². The Morgan fingerprint density at radius 3 is 3.06 bits per heavy atom. The van der Waals surface area contributed by atoms with Crippen molar-refractivity contribution in [3.05, 3.63) is 39.8 Å². The van der Waals surface area contributed by atoms with Crippen LogP contribution in [0, 0.1) is 18.8 Å². The van der Waals surface area contributed by atoms with E-state index >= 15 is 0 Å². The highest BCUT2D eigenvalue weighted by atomic mass is 32.1. The predicted molar refractivity (Wildman–Crippen MR) is 69.0 cm³/mol. The van der Waals surface area contributed by atoms with Crippen molar-refractivity contribution in [1.82, 2.24) is 9.78 Å². The fourth-order valence-electron chi connectivity index (χ4n) is 1.49. The summed E-state index contributed by atoms with van der Waals surface area (Å²) in [5, 5.41) is 15.0. The molecule has 0 unspecified atom stereocenters. The molecule has 0 fully saturated rings. The number of aliphatic hydroxyl groups excluding tert-OH is 1. The van der Waals surface area contributed by atoms with Crippen molar-refractivity contribution in [2.75, 3.05) is 6.61 Å². The first-order valence-electron chi connectivity index (χ1n) is 5.46. The Hall–Kier alpha value is -1.57. The average molecular weight is 246 g/mol. The first-order chi connectivity index (χ1) is 8.31. The highest BCUT2D eigenvalue weighted by Gasteiger charge is 2.04. The predicted octanol–water partition coefficient (Wildman–Crippen LogP) is 2.04. The lowest BCUT2D eigenvalue weighted by atomic mass is 10.2. The quantitative estimate of drug-likeness (QED) is 0.842. The van der Waals surface area contributed by atoms with Gasteiger partial charge in [-0.15, -0.1) is 11.3 Å². The molecule has 3 nitrogen and oxygen atoms in total. The van der Waals surface area contributed by atoms with Crippen LogP contribution in [0.1, 0.15) is 22.6 Å². The van der Waals surface area contributed by atoms with Gasteiger partial charge in [-0.2, -0.15) is 5.10 Å². The molecule has 0 aliphatic heterocycles. The van der Waals surface area contributed by atoms with Gasteiger partial charge in [0, 0.05) is 28.8 Å². The maximum Gasteiger partial charge on any atom is 0.0767 e. The molecule has 88 valence electrons. The van der Waals surface area contributed by atoms with Crippen LogP contribution in [0.25, 0.3) is 0 Å². The fourth-order valence-corrected chi connectivity index (χ4v) is 2.30. The van der Waals surface area contributed by atoms with Crippen LogP contribution in [0.4, 0.5) is 0 Å². The van der Waals surface area contributed by atoms with E-state index in [4.69, 9.17) is 5.11 Å². The van der Waals surface area contributed by atoms with Gasteiger partial charge >= 0.3 is 0 Å². The Kier molecular flexibility index (Phi) is 3.97. The van der Waals surface area contributed by atoms with Crippen LogP contribution in [-0.4, -0.2) is 21.5 Å². The van der Waals surface area contributed by atoms with Gasteiger partial charge in [0.25, 0.3) is 0 Å². The first kappa shape index (κ1) is 11.9. The molecule has 0 saturated heterocycles. The van der Waals surface area contributed by atoms with Gasteiger partial charge in [0.15, 0.2) is 0 Å². The highest BCUT2D eigenvalue weighted by molar-refractivity contribution is 7.10. The normalized spacial score (nSPS) is 10.0. The minimum Gasteiger partial charge on any atom is -0.395 e. The molecule has 2 rings (SSSR count). The molecule has 0 saturated carbocycles. The van der Waals surface area contributed by atoms with E-state index in [-0.39, 0.29) is 6.61 Å². The number of hydrogen-bond donors (Lipinski definition) is 1. The Balaban J connectivity index is 2.15. The summed E-state index contributed by atoms with van der Waals surface area (Å²) in [5.74, 6) is 6.03. The van der Waals surface area contributed by atoms with Crippen LogP contribution in [0.2, 0.25) is 0 Å². The number of hydrogen-bond acceptors (Lipinski definition) is 3. The van der Waals surface area contributed by atoms with Gasteiger partial charge in [-0.25, -0.2) is 0 Å². The molecule has 0 bridgehead atoms. The molecule has 0 atom stereocenters.